The van der Waals surface area contributed by atoms with Crippen LogP contribution in [0.5, 0.6) is 0 Å². The standard InChI is InChI=1S/C14H21N3O/c1-2-3-17-8-11(6-15-17)7-16-9-12-4-14(18)5-13(12)10-16/h2,6,8,12-14,18H,1,3-5,7,9-10H2/t12-,13+,14?. The number of hydrogen-bond donors (Lipinski definition) is 1. The minimum atomic E-state index is -0.0440. The van der Waals surface area contributed by atoms with Gasteiger partial charge in [0.05, 0.1) is 18.8 Å². The quantitative estimate of drug-likeness (QED) is 0.815. The first-order valence-corrected chi connectivity index (χ1v) is 6.77. The van der Waals surface area contributed by atoms with Crippen molar-refractivity contribution < 1.29 is 5.11 Å². The number of rotatable bonds is 4. The second kappa shape index (κ2) is 4.86. The van der Waals surface area contributed by atoms with Crippen molar-refractivity contribution in [3.63, 3.8) is 0 Å². The molecule has 1 saturated heterocycles. The molecule has 3 rings (SSSR count). The highest BCUT2D eigenvalue weighted by atomic mass is 16.3. The van der Waals surface area contributed by atoms with Crippen LogP contribution in [0.15, 0.2) is 25.0 Å². The summed E-state index contributed by atoms with van der Waals surface area (Å²) in [6.07, 6.45) is 7.86. The molecule has 98 valence electrons. The van der Waals surface area contributed by atoms with Crippen molar-refractivity contribution in [1.29, 1.82) is 0 Å². The lowest BCUT2D eigenvalue weighted by molar-refractivity contribution is 0.161. The predicted octanol–water partition coefficient (Wildman–Crippen LogP) is 1.27. The number of aromatic nitrogens is 2. The topological polar surface area (TPSA) is 41.3 Å². The van der Waals surface area contributed by atoms with Gasteiger partial charge in [0.1, 0.15) is 0 Å². The Morgan fingerprint density at radius 3 is 2.78 bits per heavy atom. The Balaban J connectivity index is 1.56. The maximum absolute atomic E-state index is 9.63. The van der Waals surface area contributed by atoms with E-state index in [1.807, 2.05) is 17.0 Å². The van der Waals surface area contributed by atoms with Crippen molar-refractivity contribution in [3.05, 3.63) is 30.6 Å². The normalized spacial score (nSPS) is 31.7. The summed E-state index contributed by atoms with van der Waals surface area (Å²) in [7, 11) is 0. The molecule has 2 fully saturated rings. The Kier molecular flexibility index (Phi) is 3.22. The highest BCUT2D eigenvalue weighted by Gasteiger charge is 2.39. The molecular formula is C14H21N3O. The van der Waals surface area contributed by atoms with Crippen molar-refractivity contribution in [2.75, 3.05) is 13.1 Å². The number of aliphatic hydroxyl groups excluding tert-OH is 1. The van der Waals surface area contributed by atoms with Crippen molar-refractivity contribution >= 4 is 0 Å². The van der Waals surface area contributed by atoms with Crippen LogP contribution in [0, 0.1) is 11.8 Å². The van der Waals surface area contributed by atoms with Crippen LogP contribution in [0.25, 0.3) is 0 Å². The highest BCUT2D eigenvalue weighted by molar-refractivity contribution is 5.05. The molecule has 0 bridgehead atoms. The molecule has 0 spiro atoms. The third-order valence-electron chi connectivity index (χ3n) is 4.21. The number of hydrogen-bond acceptors (Lipinski definition) is 3. The van der Waals surface area contributed by atoms with E-state index in [-0.39, 0.29) is 6.10 Å². The zero-order valence-corrected chi connectivity index (χ0v) is 10.7. The summed E-state index contributed by atoms with van der Waals surface area (Å²) in [5.41, 5.74) is 1.28. The van der Waals surface area contributed by atoms with Gasteiger partial charge in [0.15, 0.2) is 0 Å². The van der Waals surface area contributed by atoms with E-state index >= 15 is 0 Å². The Morgan fingerprint density at radius 1 is 1.39 bits per heavy atom. The molecule has 0 radical (unpaired) electrons. The Hall–Kier alpha value is -1.13. The van der Waals surface area contributed by atoms with Crippen LogP contribution >= 0.6 is 0 Å². The smallest absolute Gasteiger partial charge is 0.0587 e. The lowest BCUT2D eigenvalue weighted by Gasteiger charge is -2.16. The van der Waals surface area contributed by atoms with E-state index in [2.05, 4.69) is 22.8 Å². The summed E-state index contributed by atoms with van der Waals surface area (Å²) in [5.74, 6) is 1.42. The molecule has 18 heavy (non-hydrogen) atoms. The summed E-state index contributed by atoms with van der Waals surface area (Å²) < 4.78 is 1.92. The zero-order chi connectivity index (χ0) is 12.5. The van der Waals surface area contributed by atoms with Gasteiger partial charge in [-0.15, -0.1) is 6.58 Å². The lowest BCUT2D eigenvalue weighted by Crippen LogP contribution is -2.22. The molecule has 1 aromatic rings. The minimum Gasteiger partial charge on any atom is -0.393 e. The number of likely N-dealkylation sites (tertiary alicyclic amines) is 1. The lowest BCUT2D eigenvalue weighted by atomic mass is 10.0. The summed E-state index contributed by atoms with van der Waals surface area (Å²) in [4.78, 5) is 2.50. The Labute approximate surface area is 108 Å². The molecule has 1 aliphatic heterocycles. The first kappa shape index (κ1) is 11.9. The minimum absolute atomic E-state index is 0.0440. The first-order valence-electron chi connectivity index (χ1n) is 6.77. The number of fused-ring (bicyclic) bond motifs is 1. The van der Waals surface area contributed by atoms with Gasteiger partial charge in [-0.05, 0) is 24.7 Å². The van der Waals surface area contributed by atoms with E-state index < -0.39 is 0 Å². The molecule has 0 aromatic carbocycles. The summed E-state index contributed by atoms with van der Waals surface area (Å²) in [5, 5.41) is 13.9. The molecular weight excluding hydrogens is 226 g/mol. The van der Waals surface area contributed by atoms with Crippen LogP contribution in [-0.4, -0.2) is 39.0 Å². The van der Waals surface area contributed by atoms with Crippen molar-refractivity contribution in [1.82, 2.24) is 14.7 Å². The van der Waals surface area contributed by atoms with Crippen LogP contribution in [0.1, 0.15) is 18.4 Å². The van der Waals surface area contributed by atoms with Gasteiger partial charge in [0.2, 0.25) is 0 Å². The van der Waals surface area contributed by atoms with E-state index in [0.29, 0.717) is 11.8 Å². The molecule has 1 N–H and O–H groups in total. The van der Waals surface area contributed by atoms with Crippen molar-refractivity contribution in [2.45, 2.75) is 32.0 Å². The Bertz CT molecular complexity index is 414. The fraction of sp³-hybridized carbons (Fsp3) is 0.643. The second-order valence-electron chi connectivity index (χ2n) is 5.70. The average Bonchev–Trinajstić information content (AvgIpc) is 2.95. The second-order valence-corrected chi connectivity index (χ2v) is 5.70. The average molecular weight is 247 g/mol. The van der Waals surface area contributed by atoms with Crippen LogP contribution in [0.4, 0.5) is 0 Å². The largest absolute Gasteiger partial charge is 0.393 e. The molecule has 1 saturated carbocycles. The van der Waals surface area contributed by atoms with Gasteiger partial charge in [-0.2, -0.15) is 5.10 Å². The maximum Gasteiger partial charge on any atom is 0.0587 e. The molecule has 1 unspecified atom stereocenters. The SMILES string of the molecule is C=CCn1cc(CN2C[C@H]3CC(O)C[C@H]3C2)cn1. The van der Waals surface area contributed by atoms with Crippen LogP contribution in [0.3, 0.4) is 0 Å². The van der Waals surface area contributed by atoms with Crippen molar-refractivity contribution in [2.24, 2.45) is 11.8 Å². The van der Waals surface area contributed by atoms with Crippen LogP contribution < -0.4 is 0 Å². The monoisotopic (exact) mass is 247 g/mol. The summed E-state index contributed by atoms with van der Waals surface area (Å²) in [6, 6.07) is 0. The summed E-state index contributed by atoms with van der Waals surface area (Å²) >= 11 is 0. The zero-order valence-electron chi connectivity index (χ0n) is 10.7. The highest BCUT2D eigenvalue weighted by Crippen LogP contribution is 2.38. The van der Waals surface area contributed by atoms with Gasteiger partial charge in [0, 0.05) is 31.4 Å². The van der Waals surface area contributed by atoms with E-state index in [0.717, 1.165) is 39.0 Å². The maximum atomic E-state index is 9.63. The first-order chi connectivity index (χ1) is 8.74. The molecule has 4 nitrogen and oxygen atoms in total. The van der Waals surface area contributed by atoms with E-state index in [9.17, 15) is 5.11 Å². The van der Waals surface area contributed by atoms with Gasteiger partial charge >= 0.3 is 0 Å². The molecule has 0 amide bonds. The van der Waals surface area contributed by atoms with E-state index in [1.165, 1.54) is 5.56 Å². The fourth-order valence-corrected chi connectivity index (χ4v) is 3.47. The van der Waals surface area contributed by atoms with Gasteiger partial charge < -0.3 is 5.11 Å². The molecule has 2 heterocycles. The molecule has 4 heteroatoms. The third-order valence-corrected chi connectivity index (χ3v) is 4.21. The molecule has 1 aromatic heterocycles. The van der Waals surface area contributed by atoms with Crippen LogP contribution in [0.2, 0.25) is 0 Å². The molecule has 1 aliphatic carbocycles. The van der Waals surface area contributed by atoms with Gasteiger partial charge in [-0.25, -0.2) is 0 Å². The molecule has 3 atom stereocenters. The van der Waals surface area contributed by atoms with Crippen LogP contribution in [-0.2, 0) is 13.1 Å². The van der Waals surface area contributed by atoms with Crippen molar-refractivity contribution in [3.8, 4) is 0 Å². The van der Waals surface area contributed by atoms with Gasteiger partial charge in [-0.3, -0.25) is 9.58 Å². The predicted molar refractivity (Wildman–Crippen MR) is 69.9 cm³/mol. The number of aliphatic hydroxyl groups is 1. The number of allylic oxidation sites excluding steroid dienone is 1. The van der Waals surface area contributed by atoms with E-state index in [4.69, 9.17) is 0 Å². The fourth-order valence-electron chi connectivity index (χ4n) is 3.47. The van der Waals surface area contributed by atoms with Gasteiger partial charge in [0.25, 0.3) is 0 Å². The van der Waals surface area contributed by atoms with Gasteiger partial charge in [-0.1, -0.05) is 6.08 Å². The summed E-state index contributed by atoms with van der Waals surface area (Å²) in [6.45, 7) is 7.75. The number of nitrogens with zero attached hydrogens (tertiary/aromatic N) is 3. The Morgan fingerprint density at radius 2 is 2.11 bits per heavy atom. The molecule has 2 aliphatic rings. The third kappa shape index (κ3) is 2.35. The van der Waals surface area contributed by atoms with E-state index in [1.54, 1.807) is 0 Å².